The van der Waals surface area contributed by atoms with Gasteiger partial charge < -0.3 is 14.6 Å². The van der Waals surface area contributed by atoms with Crippen molar-refractivity contribution in [1.29, 1.82) is 0 Å². The van der Waals surface area contributed by atoms with Gasteiger partial charge in [0.15, 0.2) is 5.65 Å². The van der Waals surface area contributed by atoms with Crippen LogP contribution in [0.2, 0.25) is 0 Å². The normalized spacial score (nSPS) is 17.9. The molecule has 0 saturated heterocycles. The van der Waals surface area contributed by atoms with Crippen molar-refractivity contribution in [3.63, 3.8) is 0 Å². The van der Waals surface area contributed by atoms with Gasteiger partial charge in [-0.15, -0.1) is 0 Å². The molecule has 4 heterocycles. The van der Waals surface area contributed by atoms with Crippen LogP contribution in [0, 0.1) is 0 Å². The summed E-state index contributed by atoms with van der Waals surface area (Å²) in [6, 6.07) is 4.08. The van der Waals surface area contributed by atoms with E-state index in [0.717, 1.165) is 41.5 Å². The number of nitrogens with one attached hydrogen (secondary N) is 1. The highest BCUT2D eigenvalue weighted by Gasteiger charge is 2.25. The summed E-state index contributed by atoms with van der Waals surface area (Å²) in [5.74, 6) is 2.03. The minimum atomic E-state index is 0.122. The average molecular weight is 337 g/mol. The summed E-state index contributed by atoms with van der Waals surface area (Å²) in [4.78, 5) is 13.9. The number of likely N-dealkylation sites (N-methyl/N-ethyl adjacent to an activating group) is 1. The molecule has 0 spiro atoms. The van der Waals surface area contributed by atoms with Crippen LogP contribution in [0.4, 0.5) is 0 Å². The summed E-state index contributed by atoms with van der Waals surface area (Å²) in [5, 5.41) is 2.07. The zero-order chi connectivity index (χ0) is 17.4. The van der Waals surface area contributed by atoms with E-state index < -0.39 is 0 Å². The third kappa shape index (κ3) is 2.80. The molecule has 1 aliphatic rings. The van der Waals surface area contributed by atoms with Gasteiger partial charge in [0.05, 0.1) is 6.54 Å². The van der Waals surface area contributed by atoms with Gasteiger partial charge in [0.1, 0.15) is 23.2 Å². The lowest BCUT2D eigenvalue weighted by molar-refractivity contribution is 0.238. The molecule has 7 nitrogen and oxygen atoms in total. The smallest absolute Gasteiger partial charge is 0.160 e. The molecular formula is C18H23N7. The van der Waals surface area contributed by atoms with Crippen molar-refractivity contribution in [2.24, 2.45) is 0 Å². The van der Waals surface area contributed by atoms with E-state index in [1.54, 1.807) is 0 Å². The molecule has 7 heteroatoms. The summed E-state index contributed by atoms with van der Waals surface area (Å²) in [6.07, 6.45) is 8.94. The standard InChI is InChI=1S/C18H23N7/c1-4-9-25-16(21-14-6-5-7-19-17(14)25)12-24-10-8-20-18(24)15-11-13(2)22-23(15)3/h5-8,10-11,15,22H,4,9,12H2,1-3H3. The molecule has 0 fully saturated rings. The summed E-state index contributed by atoms with van der Waals surface area (Å²) in [7, 11) is 2.03. The molecule has 0 aromatic carbocycles. The van der Waals surface area contributed by atoms with Crippen LogP contribution in [0.5, 0.6) is 0 Å². The fourth-order valence-corrected chi connectivity index (χ4v) is 3.44. The molecule has 3 aromatic heterocycles. The van der Waals surface area contributed by atoms with Crippen molar-refractivity contribution in [3.8, 4) is 0 Å². The Bertz CT molecular complexity index is 921. The summed E-state index contributed by atoms with van der Waals surface area (Å²) in [6.45, 7) is 5.84. The molecular weight excluding hydrogens is 314 g/mol. The number of allylic oxidation sites excluding steroid dienone is 1. The highest BCUT2D eigenvalue weighted by molar-refractivity contribution is 5.71. The molecule has 1 aliphatic heterocycles. The second-order valence-corrected chi connectivity index (χ2v) is 6.46. The highest BCUT2D eigenvalue weighted by Crippen LogP contribution is 2.25. The van der Waals surface area contributed by atoms with Crippen LogP contribution >= 0.6 is 0 Å². The average Bonchev–Trinajstić information content (AvgIpc) is 3.27. The van der Waals surface area contributed by atoms with Gasteiger partial charge in [-0.05, 0) is 31.6 Å². The SMILES string of the molecule is CCCn1c(Cn2ccnc2C2C=C(C)NN2C)nc2cccnc21. The molecule has 130 valence electrons. The Kier molecular flexibility index (Phi) is 4.01. The van der Waals surface area contributed by atoms with Gasteiger partial charge in [0.2, 0.25) is 0 Å². The third-order valence-corrected chi connectivity index (χ3v) is 4.53. The van der Waals surface area contributed by atoms with Gasteiger partial charge in [-0.2, -0.15) is 0 Å². The Labute approximate surface area is 147 Å². The molecule has 0 radical (unpaired) electrons. The molecule has 0 amide bonds. The number of hydrazine groups is 1. The zero-order valence-corrected chi connectivity index (χ0v) is 14.8. The van der Waals surface area contributed by atoms with Crippen LogP contribution in [0.1, 0.15) is 38.0 Å². The van der Waals surface area contributed by atoms with E-state index in [0.29, 0.717) is 6.54 Å². The quantitative estimate of drug-likeness (QED) is 0.775. The number of aryl methyl sites for hydroxylation is 1. The molecule has 0 bridgehead atoms. The third-order valence-electron chi connectivity index (χ3n) is 4.53. The molecule has 1 N–H and O–H groups in total. The van der Waals surface area contributed by atoms with Gasteiger partial charge in [0, 0.05) is 37.9 Å². The summed E-state index contributed by atoms with van der Waals surface area (Å²) >= 11 is 0. The minimum absolute atomic E-state index is 0.122. The molecule has 1 atom stereocenters. The summed E-state index contributed by atoms with van der Waals surface area (Å²) in [5.41, 5.74) is 6.35. The first-order chi connectivity index (χ1) is 12.2. The number of hydrogen-bond donors (Lipinski definition) is 1. The maximum atomic E-state index is 4.82. The van der Waals surface area contributed by atoms with E-state index in [-0.39, 0.29) is 6.04 Å². The number of fused-ring (bicyclic) bond motifs is 1. The molecule has 0 aliphatic carbocycles. The van der Waals surface area contributed by atoms with Crippen molar-refractivity contribution < 1.29 is 0 Å². The maximum absolute atomic E-state index is 4.82. The number of hydrogen-bond acceptors (Lipinski definition) is 5. The predicted octanol–water partition coefficient (Wildman–Crippen LogP) is 2.48. The Balaban J connectivity index is 1.71. The molecule has 1 unspecified atom stereocenters. The maximum Gasteiger partial charge on any atom is 0.160 e. The lowest BCUT2D eigenvalue weighted by Gasteiger charge is -2.20. The molecule has 0 saturated carbocycles. The Morgan fingerprint density at radius 3 is 2.88 bits per heavy atom. The molecule has 25 heavy (non-hydrogen) atoms. The van der Waals surface area contributed by atoms with Crippen LogP contribution in [0.25, 0.3) is 11.2 Å². The first-order valence-electron chi connectivity index (χ1n) is 8.66. The van der Waals surface area contributed by atoms with Crippen molar-refractivity contribution in [3.05, 3.63) is 54.1 Å². The second kappa shape index (κ2) is 6.33. The molecule has 4 rings (SSSR count). The van der Waals surface area contributed by atoms with Gasteiger partial charge in [-0.25, -0.2) is 20.0 Å². The van der Waals surface area contributed by atoms with Crippen molar-refractivity contribution in [1.82, 2.24) is 34.5 Å². The van der Waals surface area contributed by atoms with Gasteiger partial charge in [0.25, 0.3) is 0 Å². The van der Waals surface area contributed by atoms with Gasteiger partial charge >= 0.3 is 0 Å². The van der Waals surface area contributed by atoms with Crippen LogP contribution in [0.15, 0.2) is 42.5 Å². The Morgan fingerprint density at radius 1 is 1.24 bits per heavy atom. The van der Waals surface area contributed by atoms with E-state index in [1.807, 2.05) is 37.8 Å². The van der Waals surface area contributed by atoms with E-state index >= 15 is 0 Å². The van der Waals surface area contributed by atoms with Crippen molar-refractivity contribution in [2.45, 2.75) is 39.4 Å². The van der Waals surface area contributed by atoms with Crippen molar-refractivity contribution >= 4 is 11.2 Å². The number of nitrogens with zero attached hydrogens (tertiary/aromatic N) is 6. The largest absolute Gasteiger partial charge is 0.326 e. The first-order valence-corrected chi connectivity index (χ1v) is 8.66. The van der Waals surface area contributed by atoms with Crippen LogP contribution < -0.4 is 5.43 Å². The second-order valence-electron chi connectivity index (χ2n) is 6.46. The fourth-order valence-electron chi connectivity index (χ4n) is 3.44. The van der Waals surface area contributed by atoms with E-state index in [9.17, 15) is 0 Å². The number of imidazole rings is 2. The van der Waals surface area contributed by atoms with Gasteiger partial charge in [-0.3, -0.25) is 0 Å². The summed E-state index contributed by atoms with van der Waals surface area (Å²) < 4.78 is 4.39. The predicted molar refractivity (Wildman–Crippen MR) is 96.5 cm³/mol. The zero-order valence-electron chi connectivity index (χ0n) is 14.8. The monoisotopic (exact) mass is 337 g/mol. The van der Waals surface area contributed by atoms with Crippen LogP contribution in [0.3, 0.4) is 0 Å². The van der Waals surface area contributed by atoms with Crippen LogP contribution in [-0.4, -0.2) is 36.1 Å². The topological polar surface area (TPSA) is 63.8 Å². The van der Waals surface area contributed by atoms with Crippen molar-refractivity contribution in [2.75, 3.05) is 7.05 Å². The fraction of sp³-hybridized carbons (Fsp3) is 0.389. The Morgan fingerprint density at radius 2 is 2.12 bits per heavy atom. The number of aromatic nitrogens is 5. The number of rotatable bonds is 5. The number of pyridine rings is 1. The first kappa shape index (κ1) is 15.8. The minimum Gasteiger partial charge on any atom is -0.326 e. The van der Waals surface area contributed by atoms with E-state index in [1.165, 1.54) is 0 Å². The highest BCUT2D eigenvalue weighted by atomic mass is 15.5. The lowest BCUT2D eigenvalue weighted by atomic mass is 10.2. The van der Waals surface area contributed by atoms with E-state index in [4.69, 9.17) is 4.98 Å². The molecule has 3 aromatic rings. The van der Waals surface area contributed by atoms with Gasteiger partial charge in [-0.1, -0.05) is 6.92 Å². The lowest BCUT2D eigenvalue weighted by Crippen LogP contribution is -2.31. The van der Waals surface area contributed by atoms with Crippen LogP contribution in [-0.2, 0) is 13.1 Å². The Hall–Kier alpha value is -2.67. The van der Waals surface area contributed by atoms with E-state index in [2.05, 4.69) is 49.5 Å².